The van der Waals surface area contributed by atoms with Gasteiger partial charge >= 0.3 is 5.69 Å². The number of hydrogen-bond acceptors (Lipinski definition) is 4. The molecule has 1 aromatic carbocycles. The third kappa shape index (κ3) is 1.94. The monoisotopic (exact) mass is 293 g/mol. The van der Waals surface area contributed by atoms with E-state index in [9.17, 15) is 20.0 Å². The molecule has 0 saturated carbocycles. The number of benzene rings is 1. The number of aromatic hydroxyl groups is 1. The number of carbonyl (C=O) groups is 1. The molecule has 13 heavy (non-hydrogen) atoms. The molecule has 1 aromatic rings. The molecular formula is C7H4INO4. The Morgan fingerprint density at radius 3 is 2.62 bits per heavy atom. The van der Waals surface area contributed by atoms with Gasteiger partial charge in [0.05, 0.1) is 10.5 Å². The van der Waals surface area contributed by atoms with Crippen LogP contribution in [0.25, 0.3) is 0 Å². The van der Waals surface area contributed by atoms with Gasteiger partial charge in [-0.2, -0.15) is 0 Å². The number of phenols is 1. The third-order valence-electron chi connectivity index (χ3n) is 1.41. The highest BCUT2D eigenvalue weighted by molar-refractivity contribution is 14.1. The number of phenolic OH excluding ortho intramolecular Hbond substituents is 1. The second kappa shape index (κ2) is 3.69. The van der Waals surface area contributed by atoms with Crippen molar-refractivity contribution in [2.75, 3.05) is 0 Å². The first-order valence-electron chi connectivity index (χ1n) is 3.18. The molecule has 0 bridgehead atoms. The standard InChI is InChI=1S/C7H4INO4/c8-5-1-4(3-10)7(11)6(2-5)9(12)13/h1-3,11H. The van der Waals surface area contributed by atoms with Gasteiger partial charge in [-0.15, -0.1) is 0 Å². The fourth-order valence-electron chi connectivity index (χ4n) is 0.834. The number of nitro groups is 1. The van der Waals surface area contributed by atoms with E-state index < -0.39 is 16.4 Å². The molecule has 0 aliphatic heterocycles. The number of halogens is 1. The summed E-state index contributed by atoms with van der Waals surface area (Å²) in [5.74, 6) is -0.583. The fraction of sp³-hybridized carbons (Fsp3) is 0. The maximum atomic E-state index is 10.4. The molecule has 0 spiro atoms. The summed E-state index contributed by atoms with van der Waals surface area (Å²) in [5, 5.41) is 19.6. The smallest absolute Gasteiger partial charge is 0.312 e. The summed E-state index contributed by atoms with van der Waals surface area (Å²) in [4.78, 5) is 20.0. The van der Waals surface area contributed by atoms with Crippen LogP contribution in [-0.2, 0) is 0 Å². The van der Waals surface area contributed by atoms with Gasteiger partial charge < -0.3 is 5.11 Å². The molecule has 0 heterocycles. The maximum absolute atomic E-state index is 10.4. The predicted octanol–water partition coefficient (Wildman–Crippen LogP) is 1.72. The van der Waals surface area contributed by atoms with E-state index >= 15 is 0 Å². The van der Waals surface area contributed by atoms with Gasteiger partial charge in [0.1, 0.15) is 0 Å². The van der Waals surface area contributed by atoms with Crippen LogP contribution >= 0.6 is 22.6 Å². The van der Waals surface area contributed by atoms with Crippen molar-refractivity contribution in [1.82, 2.24) is 0 Å². The van der Waals surface area contributed by atoms with Crippen molar-refractivity contribution in [1.29, 1.82) is 0 Å². The predicted molar refractivity (Wildman–Crippen MR) is 52.9 cm³/mol. The van der Waals surface area contributed by atoms with Crippen LogP contribution in [0.5, 0.6) is 5.75 Å². The molecule has 6 heteroatoms. The van der Waals surface area contributed by atoms with Crippen molar-refractivity contribution in [3.63, 3.8) is 0 Å². The third-order valence-corrected chi connectivity index (χ3v) is 2.03. The summed E-state index contributed by atoms with van der Waals surface area (Å²) >= 11 is 1.83. The second-order valence-electron chi connectivity index (χ2n) is 2.24. The second-order valence-corrected chi connectivity index (χ2v) is 3.48. The highest BCUT2D eigenvalue weighted by Gasteiger charge is 2.17. The minimum atomic E-state index is -0.732. The zero-order valence-corrected chi connectivity index (χ0v) is 8.39. The molecule has 5 nitrogen and oxygen atoms in total. The Hall–Kier alpha value is -1.18. The lowest BCUT2D eigenvalue weighted by Gasteiger charge is -1.99. The minimum absolute atomic E-state index is 0.0707. The van der Waals surface area contributed by atoms with Gasteiger partial charge in [0.25, 0.3) is 0 Å². The minimum Gasteiger partial charge on any atom is -0.502 e. The summed E-state index contributed by atoms with van der Waals surface area (Å²) in [6.07, 6.45) is 0.379. The summed E-state index contributed by atoms with van der Waals surface area (Å²) in [5.41, 5.74) is -0.521. The Bertz CT molecular complexity index is 377. The van der Waals surface area contributed by atoms with E-state index in [0.717, 1.165) is 0 Å². The molecule has 1 rings (SSSR count). The average molecular weight is 293 g/mol. The molecule has 0 atom stereocenters. The van der Waals surface area contributed by atoms with Crippen LogP contribution in [-0.4, -0.2) is 16.3 Å². The van der Waals surface area contributed by atoms with E-state index in [-0.39, 0.29) is 5.56 Å². The van der Waals surface area contributed by atoms with Crippen LogP contribution in [0.4, 0.5) is 5.69 Å². The maximum Gasteiger partial charge on any atom is 0.312 e. The van der Waals surface area contributed by atoms with E-state index in [1.165, 1.54) is 12.1 Å². The van der Waals surface area contributed by atoms with Gasteiger partial charge in [-0.1, -0.05) is 0 Å². The van der Waals surface area contributed by atoms with E-state index in [2.05, 4.69) is 0 Å². The van der Waals surface area contributed by atoms with Crippen molar-refractivity contribution in [2.45, 2.75) is 0 Å². The molecule has 0 aliphatic rings. The Morgan fingerprint density at radius 2 is 2.15 bits per heavy atom. The van der Waals surface area contributed by atoms with Crippen LogP contribution in [0.15, 0.2) is 12.1 Å². The largest absolute Gasteiger partial charge is 0.502 e. The average Bonchev–Trinajstić information content (AvgIpc) is 2.08. The molecule has 0 unspecified atom stereocenters. The lowest BCUT2D eigenvalue weighted by atomic mass is 10.2. The number of nitrogens with zero attached hydrogens (tertiary/aromatic N) is 1. The Balaban J connectivity index is 3.44. The van der Waals surface area contributed by atoms with Crippen LogP contribution < -0.4 is 0 Å². The molecule has 0 amide bonds. The highest BCUT2D eigenvalue weighted by atomic mass is 127. The lowest BCUT2D eigenvalue weighted by Crippen LogP contribution is -1.93. The first-order valence-corrected chi connectivity index (χ1v) is 4.26. The Kier molecular flexibility index (Phi) is 2.81. The van der Waals surface area contributed by atoms with Gasteiger partial charge in [0.15, 0.2) is 6.29 Å². The van der Waals surface area contributed by atoms with Crippen molar-refractivity contribution in [3.8, 4) is 5.75 Å². The number of nitro benzene ring substituents is 1. The molecule has 0 fully saturated rings. The topological polar surface area (TPSA) is 80.4 Å². The van der Waals surface area contributed by atoms with Gasteiger partial charge in [0, 0.05) is 9.64 Å². The van der Waals surface area contributed by atoms with Crippen LogP contribution in [0.3, 0.4) is 0 Å². The molecule has 0 aliphatic carbocycles. The zero-order valence-electron chi connectivity index (χ0n) is 6.23. The fourth-order valence-corrected chi connectivity index (χ4v) is 1.46. The van der Waals surface area contributed by atoms with E-state index in [1.54, 1.807) is 0 Å². The summed E-state index contributed by atoms with van der Waals surface area (Å²) in [6, 6.07) is 2.57. The van der Waals surface area contributed by atoms with Gasteiger partial charge in [-0.25, -0.2) is 0 Å². The van der Waals surface area contributed by atoms with Gasteiger partial charge in [0.2, 0.25) is 5.75 Å². The Morgan fingerprint density at radius 1 is 1.54 bits per heavy atom. The summed E-state index contributed by atoms with van der Waals surface area (Å²) < 4.78 is 0.532. The number of rotatable bonds is 2. The summed E-state index contributed by atoms with van der Waals surface area (Å²) in [6.45, 7) is 0. The summed E-state index contributed by atoms with van der Waals surface area (Å²) in [7, 11) is 0. The first-order chi connectivity index (χ1) is 6.06. The normalized spacial score (nSPS) is 9.62. The van der Waals surface area contributed by atoms with Crippen LogP contribution in [0.1, 0.15) is 10.4 Å². The van der Waals surface area contributed by atoms with Crippen molar-refractivity contribution < 1.29 is 14.8 Å². The SMILES string of the molecule is O=Cc1cc(I)cc([N+](=O)[O-])c1O. The Labute approximate surface area is 86.7 Å². The zero-order chi connectivity index (χ0) is 10.0. The molecule has 0 saturated heterocycles. The number of carbonyl (C=O) groups excluding carboxylic acids is 1. The lowest BCUT2D eigenvalue weighted by molar-refractivity contribution is -0.386. The molecule has 0 radical (unpaired) electrons. The van der Waals surface area contributed by atoms with Crippen LogP contribution in [0.2, 0.25) is 0 Å². The van der Waals surface area contributed by atoms with Gasteiger partial charge in [-0.3, -0.25) is 14.9 Å². The van der Waals surface area contributed by atoms with Crippen molar-refractivity contribution in [3.05, 3.63) is 31.4 Å². The molecule has 68 valence electrons. The van der Waals surface area contributed by atoms with Gasteiger partial charge in [-0.05, 0) is 28.7 Å². The van der Waals surface area contributed by atoms with E-state index in [0.29, 0.717) is 9.86 Å². The molecule has 1 N–H and O–H groups in total. The molecular weight excluding hydrogens is 289 g/mol. The van der Waals surface area contributed by atoms with Crippen LogP contribution in [0, 0.1) is 13.7 Å². The van der Waals surface area contributed by atoms with E-state index in [4.69, 9.17) is 0 Å². The first kappa shape index (κ1) is 9.90. The van der Waals surface area contributed by atoms with Crippen molar-refractivity contribution >= 4 is 34.6 Å². The molecule has 0 aromatic heterocycles. The quantitative estimate of drug-likeness (QED) is 0.389. The van der Waals surface area contributed by atoms with E-state index in [1.807, 2.05) is 22.6 Å². The highest BCUT2D eigenvalue weighted by Crippen LogP contribution is 2.30. The number of hydrogen-bond donors (Lipinski definition) is 1. The van der Waals surface area contributed by atoms with Crippen molar-refractivity contribution in [2.24, 2.45) is 0 Å². The number of aldehydes is 1.